The van der Waals surface area contributed by atoms with Crippen molar-refractivity contribution in [2.45, 2.75) is 88.1 Å². The first-order chi connectivity index (χ1) is 19.7. The molecule has 40 heavy (non-hydrogen) atoms. The van der Waals surface area contributed by atoms with E-state index in [2.05, 4.69) is 87.5 Å². The largest absolute Gasteiger partial charge is 0.497 e. The number of amides is 1. The highest BCUT2D eigenvalue weighted by molar-refractivity contribution is 5.96. The van der Waals surface area contributed by atoms with Crippen molar-refractivity contribution in [1.82, 2.24) is 14.7 Å². The summed E-state index contributed by atoms with van der Waals surface area (Å²) in [7, 11) is 1.77. The van der Waals surface area contributed by atoms with Gasteiger partial charge in [-0.15, -0.1) is 0 Å². The summed E-state index contributed by atoms with van der Waals surface area (Å²) in [5.41, 5.74) is 3.67. The first kappa shape index (κ1) is 26.0. The number of hydrogen-bond acceptors (Lipinski definition) is 4. The smallest absolute Gasteiger partial charge is 0.253 e. The van der Waals surface area contributed by atoms with Gasteiger partial charge in [-0.3, -0.25) is 14.6 Å². The lowest BCUT2D eigenvalue weighted by Gasteiger charge is -2.67. The molecule has 6 saturated heterocycles. The van der Waals surface area contributed by atoms with Gasteiger partial charge in [0.25, 0.3) is 5.91 Å². The summed E-state index contributed by atoms with van der Waals surface area (Å²) in [4.78, 5) is 21.1. The topological polar surface area (TPSA) is 36.0 Å². The SMILES string of the molecule is COc1cccc(C(C2C=CC(C(=O)N3CCCCC3)=CC2)N2C3CCC4C2CCC3N4Cc2ccccc2)c1. The van der Waals surface area contributed by atoms with E-state index in [0.29, 0.717) is 30.1 Å². The zero-order chi connectivity index (χ0) is 27.1. The van der Waals surface area contributed by atoms with Gasteiger partial charge in [-0.1, -0.05) is 60.7 Å². The number of rotatable bonds is 7. The minimum atomic E-state index is 0.222. The Kier molecular flexibility index (Phi) is 7.27. The number of benzene rings is 2. The molecule has 6 atom stereocenters. The Labute approximate surface area is 239 Å². The van der Waals surface area contributed by atoms with Crippen molar-refractivity contribution in [3.63, 3.8) is 0 Å². The molecule has 5 heteroatoms. The Morgan fingerprint density at radius 3 is 2.30 bits per heavy atom. The van der Waals surface area contributed by atoms with E-state index < -0.39 is 0 Å². The Bertz CT molecular complexity index is 1250. The molecule has 0 aromatic heterocycles. The second-order valence-electron chi connectivity index (χ2n) is 12.5. The minimum Gasteiger partial charge on any atom is -0.497 e. The summed E-state index contributed by atoms with van der Waals surface area (Å²) < 4.78 is 5.70. The molecule has 5 nitrogen and oxygen atoms in total. The summed E-state index contributed by atoms with van der Waals surface area (Å²) in [6, 6.07) is 22.4. The van der Waals surface area contributed by atoms with Gasteiger partial charge in [-0.25, -0.2) is 0 Å². The Hall–Kier alpha value is -2.89. The summed E-state index contributed by atoms with van der Waals surface area (Å²) >= 11 is 0. The molecule has 6 heterocycles. The van der Waals surface area contributed by atoms with E-state index in [4.69, 9.17) is 4.74 Å². The summed E-state index contributed by atoms with van der Waals surface area (Å²) in [6.07, 6.45) is 16.3. The maximum absolute atomic E-state index is 13.3. The predicted molar refractivity (Wildman–Crippen MR) is 159 cm³/mol. The second-order valence-corrected chi connectivity index (χ2v) is 12.5. The molecular formula is C35H43N3O2. The van der Waals surface area contributed by atoms with E-state index in [9.17, 15) is 4.79 Å². The standard InChI is InChI=1S/C35H43N3O2/c1-40-29-12-8-11-28(23-29)34(26-13-15-27(16-14-26)35(39)36-21-6-3-7-22-36)38-32-19-17-30-33(38)20-18-31(32)37(30)24-25-9-4-2-5-10-25/h2,4-5,8-13,15-16,23,26,30-34H,3,6-7,14,17-22,24H2,1H3. The van der Waals surface area contributed by atoms with Crippen LogP contribution in [0.4, 0.5) is 0 Å². The van der Waals surface area contributed by atoms with Gasteiger partial charge in [0.05, 0.1) is 7.11 Å². The van der Waals surface area contributed by atoms with Crippen LogP contribution in [-0.2, 0) is 11.3 Å². The predicted octanol–water partition coefficient (Wildman–Crippen LogP) is 6.13. The van der Waals surface area contributed by atoms with Crippen molar-refractivity contribution in [2.24, 2.45) is 5.92 Å². The average Bonchev–Trinajstić information content (AvgIpc) is 3.02. The molecule has 4 bridgehead atoms. The molecule has 6 fully saturated rings. The molecule has 2 aromatic carbocycles. The summed E-state index contributed by atoms with van der Waals surface area (Å²) in [6.45, 7) is 2.87. The van der Waals surface area contributed by atoms with Crippen molar-refractivity contribution in [2.75, 3.05) is 20.2 Å². The third-order valence-corrected chi connectivity index (χ3v) is 10.4. The number of ether oxygens (including phenoxy) is 1. The normalized spacial score (nSPS) is 30.8. The number of nitrogens with zero attached hydrogens (tertiary/aromatic N) is 3. The van der Waals surface area contributed by atoms with Gasteiger partial charge in [-0.2, -0.15) is 0 Å². The fraction of sp³-hybridized carbons (Fsp3) is 0.514. The number of hydrogen-bond donors (Lipinski definition) is 0. The van der Waals surface area contributed by atoms with Crippen LogP contribution >= 0.6 is 0 Å². The number of likely N-dealkylation sites (tertiary alicyclic amines) is 1. The van der Waals surface area contributed by atoms with Crippen LogP contribution in [0.2, 0.25) is 0 Å². The van der Waals surface area contributed by atoms with Crippen LogP contribution in [0, 0.1) is 5.92 Å². The first-order valence-electron chi connectivity index (χ1n) is 15.6. The van der Waals surface area contributed by atoms with Crippen molar-refractivity contribution in [3.05, 3.63) is 89.5 Å². The first-order valence-corrected chi connectivity index (χ1v) is 15.6. The van der Waals surface area contributed by atoms with Crippen LogP contribution in [0.1, 0.15) is 68.5 Å². The van der Waals surface area contributed by atoms with Gasteiger partial charge >= 0.3 is 0 Å². The summed E-state index contributed by atoms with van der Waals surface area (Å²) in [5.74, 6) is 1.49. The van der Waals surface area contributed by atoms with E-state index in [1.165, 1.54) is 43.2 Å². The van der Waals surface area contributed by atoms with Gasteiger partial charge in [0, 0.05) is 61.3 Å². The molecule has 0 radical (unpaired) electrons. The second kappa shape index (κ2) is 11.2. The zero-order valence-electron chi connectivity index (χ0n) is 23.8. The fourth-order valence-electron chi connectivity index (χ4n) is 8.63. The van der Waals surface area contributed by atoms with Gasteiger partial charge in [0.2, 0.25) is 0 Å². The molecule has 0 spiro atoms. The van der Waals surface area contributed by atoms with Crippen LogP contribution in [0.5, 0.6) is 5.75 Å². The van der Waals surface area contributed by atoms with E-state index >= 15 is 0 Å². The molecule has 0 saturated carbocycles. The number of carbonyl (C=O) groups is 1. The molecular weight excluding hydrogens is 494 g/mol. The molecule has 1 aliphatic carbocycles. The lowest BCUT2D eigenvalue weighted by Crippen LogP contribution is -2.75. The lowest BCUT2D eigenvalue weighted by atomic mass is 9.68. The van der Waals surface area contributed by atoms with Crippen LogP contribution in [0.3, 0.4) is 0 Å². The van der Waals surface area contributed by atoms with Crippen LogP contribution in [0.25, 0.3) is 0 Å². The van der Waals surface area contributed by atoms with Crippen LogP contribution in [0.15, 0.2) is 78.4 Å². The van der Waals surface area contributed by atoms with E-state index in [1.807, 2.05) is 0 Å². The monoisotopic (exact) mass is 537 g/mol. The number of carbonyl (C=O) groups excluding carboxylic acids is 1. The van der Waals surface area contributed by atoms with Gasteiger partial charge in [-0.05, 0) is 74.6 Å². The Morgan fingerprint density at radius 2 is 1.62 bits per heavy atom. The molecule has 2 aromatic rings. The fourth-order valence-corrected chi connectivity index (χ4v) is 8.63. The van der Waals surface area contributed by atoms with Crippen molar-refractivity contribution in [1.29, 1.82) is 0 Å². The molecule has 0 N–H and O–H groups in total. The third kappa shape index (κ3) is 4.71. The number of piperazine rings is 1. The Morgan fingerprint density at radius 1 is 0.900 bits per heavy atom. The summed E-state index contributed by atoms with van der Waals surface area (Å²) in [5, 5.41) is 0. The zero-order valence-corrected chi connectivity index (χ0v) is 23.8. The highest BCUT2D eigenvalue weighted by Crippen LogP contribution is 2.52. The van der Waals surface area contributed by atoms with Crippen molar-refractivity contribution < 1.29 is 9.53 Å². The van der Waals surface area contributed by atoms with Crippen LogP contribution in [-0.4, -0.2) is 65.0 Å². The Balaban J connectivity index is 1.17. The molecule has 6 unspecified atom stereocenters. The molecule has 9 rings (SSSR count). The van der Waals surface area contributed by atoms with Gasteiger partial charge in [0.1, 0.15) is 5.75 Å². The molecule has 210 valence electrons. The average molecular weight is 538 g/mol. The van der Waals surface area contributed by atoms with Crippen molar-refractivity contribution >= 4 is 5.91 Å². The quantitative estimate of drug-likeness (QED) is 0.426. The van der Waals surface area contributed by atoms with E-state index in [0.717, 1.165) is 50.2 Å². The van der Waals surface area contributed by atoms with Crippen LogP contribution < -0.4 is 4.74 Å². The maximum atomic E-state index is 13.3. The number of piperidine rings is 5. The minimum absolute atomic E-state index is 0.222. The van der Waals surface area contributed by atoms with E-state index in [-0.39, 0.29) is 11.9 Å². The highest BCUT2D eigenvalue weighted by Gasteiger charge is 2.57. The number of allylic oxidation sites excluding steroid dienone is 1. The number of fused-ring (bicyclic) bond motifs is 2. The van der Waals surface area contributed by atoms with Gasteiger partial charge in [0.15, 0.2) is 0 Å². The molecule has 1 amide bonds. The van der Waals surface area contributed by atoms with E-state index in [1.54, 1.807) is 7.11 Å². The molecule has 6 aliphatic heterocycles. The highest BCUT2D eigenvalue weighted by atomic mass is 16.5. The molecule has 7 aliphatic rings. The maximum Gasteiger partial charge on any atom is 0.253 e. The number of methoxy groups -OCH3 is 1. The third-order valence-electron chi connectivity index (χ3n) is 10.4. The van der Waals surface area contributed by atoms with Gasteiger partial charge < -0.3 is 9.64 Å². The van der Waals surface area contributed by atoms with Crippen molar-refractivity contribution in [3.8, 4) is 5.75 Å². The lowest BCUT2D eigenvalue weighted by molar-refractivity contribution is -0.169.